The lowest BCUT2D eigenvalue weighted by Gasteiger charge is -2.39. The van der Waals surface area contributed by atoms with E-state index in [0.717, 1.165) is 56.5 Å². The first-order chi connectivity index (χ1) is 15.2. The van der Waals surface area contributed by atoms with Crippen LogP contribution in [-0.2, 0) is 9.53 Å². The molecule has 1 atom stereocenters. The lowest BCUT2D eigenvalue weighted by atomic mass is 10.1. The number of hydrogen-bond acceptors (Lipinski definition) is 7. The van der Waals surface area contributed by atoms with E-state index in [1.165, 1.54) is 18.5 Å². The summed E-state index contributed by atoms with van der Waals surface area (Å²) >= 11 is 0. The second kappa shape index (κ2) is 8.96. The summed E-state index contributed by atoms with van der Waals surface area (Å²) in [7, 11) is 1.85. The molecule has 1 aromatic carbocycles. The molecule has 0 radical (unpaired) electrons. The highest BCUT2D eigenvalue weighted by Crippen LogP contribution is 2.30. The maximum absolute atomic E-state index is 11.6. The molecule has 1 aromatic heterocycles. The van der Waals surface area contributed by atoms with Crippen LogP contribution in [0.25, 0.3) is 10.9 Å². The lowest BCUT2D eigenvalue weighted by molar-refractivity contribution is -0.147. The first-order valence-electron chi connectivity index (χ1n) is 11.4. The summed E-state index contributed by atoms with van der Waals surface area (Å²) < 4.78 is 11.9. The second-order valence-electron chi connectivity index (χ2n) is 8.90. The smallest absolute Gasteiger partial charge is 0.248 e. The van der Waals surface area contributed by atoms with Crippen LogP contribution in [0.1, 0.15) is 25.7 Å². The van der Waals surface area contributed by atoms with Crippen LogP contribution in [0.3, 0.4) is 0 Å². The zero-order valence-corrected chi connectivity index (χ0v) is 18.2. The molecular weight excluding hydrogens is 394 g/mol. The molecule has 8 heteroatoms. The summed E-state index contributed by atoms with van der Waals surface area (Å²) in [6.07, 6.45) is 6.68. The topological polar surface area (TPSA) is 71.0 Å². The quantitative estimate of drug-likeness (QED) is 0.725. The minimum atomic E-state index is 0.0673. The van der Waals surface area contributed by atoms with Crippen LogP contribution < -0.4 is 9.64 Å². The van der Waals surface area contributed by atoms with Gasteiger partial charge in [-0.15, -0.1) is 0 Å². The van der Waals surface area contributed by atoms with Gasteiger partial charge < -0.3 is 19.3 Å². The molecule has 1 aliphatic carbocycles. The Bertz CT molecular complexity index is 925. The number of anilines is 1. The summed E-state index contributed by atoms with van der Waals surface area (Å²) in [5.74, 6) is 0.781. The molecule has 1 amide bonds. The van der Waals surface area contributed by atoms with Crippen LogP contribution >= 0.6 is 0 Å². The number of ether oxygens (including phenoxy) is 2. The van der Waals surface area contributed by atoms with E-state index in [9.17, 15) is 4.79 Å². The largest absolute Gasteiger partial charge is 0.474 e. The summed E-state index contributed by atoms with van der Waals surface area (Å²) in [6.45, 7) is 5.62. The van der Waals surface area contributed by atoms with Gasteiger partial charge in [-0.3, -0.25) is 9.69 Å². The highest BCUT2D eigenvalue weighted by molar-refractivity contribution is 5.86. The molecule has 31 heavy (non-hydrogen) atoms. The first kappa shape index (κ1) is 20.5. The minimum absolute atomic E-state index is 0.0673. The fraction of sp³-hybridized carbons (Fsp3) is 0.609. The molecule has 1 saturated carbocycles. The predicted molar refractivity (Wildman–Crippen MR) is 118 cm³/mol. The molecule has 0 spiro atoms. The third-order valence-electron chi connectivity index (χ3n) is 6.71. The Morgan fingerprint density at radius 3 is 2.71 bits per heavy atom. The number of aromatic nitrogens is 2. The van der Waals surface area contributed by atoms with E-state index in [-0.39, 0.29) is 24.7 Å². The van der Waals surface area contributed by atoms with Crippen LogP contribution in [0.2, 0.25) is 0 Å². The van der Waals surface area contributed by atoms with Crippen molar-refractivity contribution in [2.75, 3.05) is 57.8 Å². The van der Waals surface area contributed by atoms with E-state index in [4.69, 9.17) is 9.47 Å². The van der Waals surface area contributed by atoms with Crippen molar-refractivity contribution in [3.63, 3.8) is 0 Å². The van der Waals surface area contributed by atoms with E-state index in [0.29, 0.717) is 12.4 Å². The van der Waals surface area contributed by atoms with Gasteiger partial charge in [0, 0.05) is 52.0 Å². The molecule has 3 aliphatic rings. The van der Waals surface area contributed by atoms with Gasteiger partial charge in [0.25, 0.3) is 0 Å². The zero-order valence-electron chi connectivity index (χ0n) is 18.2. The summed E-state index contributed by atoms with van der Waals surface area (Å²) in [5, 5.41) is 0.998. The molecule has 0 N–H and O–H groups in total. The molecular formula is C23H31N5O3. The second-order valence-corrected chi connectivity index (χ2v) is 8.90. The number of carbonyl (C=O) groups is 1. The van der Waals surface area contributed by atoms with E-state index >= 15 is 0 Å². The standard InChI is InChI=1S/C23H31N5O3/c1-26-13-19(30-15-22(26)29)14-27-8-10-28(11-9-27)17-6-7-21-20(12-17)23(25-16-24-21)31-18-4-2-3-5-18/h6-7,12,16,18-19H,2-5,8-11,13-15H2,1H3. The normalized spacial score (nSPS) is 23.6. The van der Waals surface area contributed by atoms with Crippen molar-refractivity contribution in [1.29, 1.82) is 0 Å². The molecule has 8 nitrogen and oxygen atoms in total. The van der Waals surface area contributed by atoms with Crippen molar-refractivity contribution < 1.29 is 14.3 Å². The minimum Gasteiger partial charge on any atom is -0.474 e. The molecule has 2 aliphatic heterocycles. The van der Waals surface area contributed by atoms with Crippen molar-refractivity contribution in [2.45, 2.75) is 37.9 Å². The molecule has 166 valence electrons. The summed E-state index contributed by atoms with van der Waals surface area (Å²) in [4.78, 5) is 27.1. The van der Waals surface area contributed by atoms with Gasteiger partial charge >= 0.3 is 0 Å². The van der Waals surface area contributed by atoms with Gasteiger partial charge in [0.1, 0.15) is 19.0 Å². The SMILES string of the molecule is CN1CC(CN2CCN(c3ccc4ncnc(OC5CCCC5)c4c3)CC2)OCC1=O. The van der Waals surface area contributed by atoms with Crippen LogP contribution in [0.15, 0.2) is 24.5 Å². The van der Waals surface area contributed by atoms with Gasteiger partial charge in [-0.2, -0.15) is 0 Å². The van der Waals surface area contributed by atoms with Crippen LogP contribution in [-0.4, -0.2) is 90.8 Å². The molecule has 2 aromatic rings. The third kappa shape index (κ3) is 4.60. The predicted octanol–water partition coefficient (Wildman–Crippen LogP) is 1.93. The Morgan fingerprint density at radius 1 is 1.13 bits per heavy atom. The Labute approximate surface area is 183 Å². The Hall–Kier alpha value is -2.45. The van der Waals surface area contributed by atoms with Gasteiger partial charge in [-0.05, 0) is 43.9 Å². The molecule has 5 rings (SSSR count). The molecule has 3 heterocycles. The summed E-state index contributed by atoms with van der Waals surface area (Å²) in [6, 6.07) is 6.40. The fourth-order valence-electron chi connectivity index (χ4n) is 4.82. The molecule has 0 bridgehead atoms. The van der Waals surface area contributed by atoms with Gasteiger partial charge in [-0.25, -0.2) is 9.97 Å². The van der Waals surface area contributed by atoms with Gasteiger partial charge in [0.2, 0.25) is 11.8 Å². The number of nitrogens with zero attached hydrogens (tertiary/aromatic N) is 5. The Morgan fingerprint density at radius 2 is 1.94 bits per heavy atom. The molecule has 1 unspecified atom stereocenters. The highest BCUT2D eigenvalue weighted by Gasteiger charge is 2.27. The average molecular weight is 426 g/mol. The van der Waals surface area contributed by atoms with Crippen molar-refractivity contribution >= 4 is 22.5 Å². The van der Waals surface area contributed by atoms with Crippen LogP contribution in [0, 0.1) is 0 Å². The van der Waals surface area contributed by atoms with E-state index < -0.39 is 0 Å². The van der Waals surface area contributed by atoms with E-state index in [1.54, 1.807) is 11.2 Å². The Kier molecular flexibility index (Phi) is 5.91. The number of likely N-dealkylation sites (N-methyl/N-ethyl adjacent to an activating group) is 1. The van der Waals surface area contributed by atoms with Crippen molar-refractivity contribution in [2.24, 2.45) is 0 Å². The van der Waals surface area contributed by atoms with Crippen molar-refractivity contribution in [3.8, 4) is 5.88 Å². The number of fused-ring (bicyclic) bond motifs is 1. The maximum atomic E-state index is 11.6. The summed E-state index contributed by atoms with van der Waals surface area (Å²) in [5.41, 5.74) is 2.12. The monoisotopic (exact) mass is 425 g/mol. The fourth-order valence-corrected chi connectivity index (χ4v) is 4.82. The number of amides is 1. The lowest BCUT2D eigenvalue weighted by Crippen LogP contribution is -2.53. The highest BCUT2D eigenvalue weighted by atomic mass is 16.5. The molecule has 2 saturated heterocycles. The number of carbonyl (C=O) groups excluding carboxylic acids is 1. The number of morpholine rings is 1. The zero-order chi connectivity index (χ0) is 21.2. The van der Waals surface area contributed by atoms with Crippen molar-refractivity contribution in [1.82, 2.24) is 19.8 Å². The number of piperazine rings is 1. The third-order valence-corrected chi connectivity index (χ3v) is 6.71. The van der Waals surface area contributed by atoms with Crippen LogP contribution in [0.4, 0.5) is 5.69 Å². The average Bonchev–Trinajstić information content (AvgIpc) is 3.30. The number of rotatable bonds is 5. The van der Waals surface area contributed by atoms with Gasteiger partial charge in [0.05, 0.1) is 17.0 Å². The number of benzene rings is 1. The van der Waals surface area contributed by atoms with Gasteiger partial charge in [-0.1, -0.05) is 0 Å². The Balaban J connectivity index is 1.22. The van der Waals surface area contributed by atoms with Gasteiger partial charge in [0.15, 0.2) is 0 Å². The maximum Gasteiger partial charge on any atom is 0.248 e. The molecule has 3 fully saturated rings. The number of hydrogen-bond donors (Lipinski definition) is 0. The first-order valence-corrected chi connectivity index (χ1v) is 11.4. The van der Waals surface area contributed by atoms with E-state index in [1.807, 2.05) is 7.05 Å². The van der Waals surface area contributed by atoms with Crippen molar-refractivity contribution in [3.05, 3.63) is 24.5 Å². The van der Waals surface area contributed by atoms with Crippen LogP contribution in [0.5, 0.6) is 5.88 Å². The van der Waals surface area contributed by atoms with E-state index in [2.05, 4.69) is 38.0 Å².